The van der Waals surface area contributed by atoms with Crippen molar-refractivity contribution in [2.24, 2.45) is 0 Å². The Morgan fingerprint density at radius 1 is 1.44 bits per heavy atom. The zero-order valence-corrected chi connectivity index (χ0v) is 8.75. The van der Waals surface area contributed by atoms with Gasteiger partial charge in [-0.3, -0.25) is 10.1 Å². The molecular formula is C11H11NO4. The fourth-order valence-corrected chi connectivity index (χ4v) is 1.06. The van der Waals surface area contributed by atoms with Gasteiger partial charge < -0.3 is 4.74 Å². The number of hydrogen-bond acceptors (Lipinski definition) is 4. The molecule has 0 aliphatic heterocycles. The second-order valence-corrected chi connectivity index (χ2v) is 2.93. The number of nitro benzene ring substituents is 1. The Balaban J connectivity index is 2.68. The van der Waals surface area contributed by atoms with Gasteiger partial charge in [-0.2, -0.15) is 0 Å². The first kappa shape index (κ1) is 11.9. The maximum Gasteiger partial charge on any atom is 0.330 e. The van der Waals surface area contributed by atoms with E-state index in [-0.39, 0.29) is 5.69 Å². The lowest BCUT2D eigenvalue weighted by Gasteiger charge is -1.95. The van der Waals surface area contributed by atoms with E-state index >= 15 is 0 Å². The standard InChI is InChI=1S/C11H11NO4/c1-2-16-11(13)8-5-9-3-6-10(7-4-9)12(14)15/h3-8H,2H2,1H3/b8-5+. The maximum atomic E-state index is 11.0. The van der Waals surface area contributed by atoms with Gasteiger partial charge in [0, 0.05) is 18.2 Å². The molecule has 1 aromatic rings. The fraction of sp³-hybridized carbons (Fsp3) is 0.182. The number of esters is 1. The van der Waals surface area contributed by atoms with Crippen molar-refractivity contribution in [2.45, 2.75) is 6.92 Å². The largest absolute Gasteiger partial charge is 0.463 e. The van der Waals surface area contributed by atoms with Gasteiger partial charge >= 0.3 is 5.97 Å². The lowest BCUT2D eigenvalue weighted by molar-refractivity contribution is -0.384. The second kappa shape index (κ2) is 5.65. The summed E-state index contributed by atoms with van der Waals surface area (Å²) in [6, 6.07) is 5.89. The van der Waals surface area contributed by atoms with E-state index in [2.05, 4.69) is 0 Å². The van der Waals surface area contributed by atoms with Crippen LogP contribution in [0.1, 0.15) is 12.5 Å². The minimum Gasteiger partial charge on any atom is -0.463 e. The van der Waals surface area contributed by atoms with Crippen molar-refractivity contribution < 1.29 is 14.5 Å². The molecule has 0 unspecified atom stereocenters. The fourth-order valence-electron chi connectivity index (χ4n) is 1.06. The average molecular weight is 221 g/mol. The van der Waals surface area contributed by atoms with Gasteiger partial charge in [0.15, 0.2) is 0 Å². The first-order valence-corrected chi connectivity index (χ1v) is 4.72. The van der Waals surface area contributed by atoms with Gasteiger partial charge in [-0.15, -0.1) is 0 Å². The Hall–Kier alpha value is -2.17. The van der Waals surface area contributed by atoms with Crippen molar-refractivity contribution in [3.63, 3.8) is 0 Å². The number of rotatable bonds is 4. The summed E-state index contributed by atoms with van der Waals surface area (Å²) in [4.78, 5) is 20.9. The predicted octanol–water partition coefficient (Wildman–Crippen LogP) is 2.17. The topological polar surface area (TPSA) is 69.4 Å². The van der Waals surface area contributed by atoms with Crippen LogP contribution in [0.25, 0.3) is 6.08 Å². The Bertz CT molecular complexity index is 408. The number of ether oxygens (including phenoxy) is 1. The van der Waals surface area contributed by atoms with Crippen LogP contribution in [-0.4, -0.2) is 17.5 Å². The van der Waals surface area contributed by atoms with E-state index in [0.29, 0.717) is 12.2 Å². The number of carbonyl (C=O) groups excluding carboxylic acids is 1. The number of non-ortho nitro benzene ring substituents is 1. The third kappa shape index (κ3) is 3.53. The van der Waals surface area contributed by atoms with Crippen molar-refractivity contribution >= 4 is 17.7 Å². The second-order valence-electron chi connectivity index (χ2n) is 2.93. The minimum atomic E-state index is -0.473. The van der Waals surface area contributed by atoms with Crippen molar-refractivity contribution in [2.75, 3.05) is 6.61 Å². The predicted molar refractivity (Wildman–Crippen MR) is 58.8 cm³/mol. The highest BCUT2D eigenvalue weighted by atomic mass is 16.6. The van der Waals surface area contributed by atoms with E-state index in [4.69, 9.17) is 4.74 Å². The lowest BCUT2D eigenvalue weighted by Crippen LogP contribution is -1.98. The molecule has 0 bridgehead atoms. The maximum absolute atomic E-state index is 11.0. The number of carbonyl (C=O) groups is 1. The van der Waals surface area contributed by atoms with E-state index in [9.17, 15) is 14.9 Å². The molecule has 0 radical (unpaired) electrons. The van der Waals surface area contributed by atoms with Crippen LogP contribution in [0.4, 0.5) is 5.69 Å². The molecule has 0 aliphatic rings. The molecule has 0 spiro atoms. The van der Waals surface area contributed by atoms with E-state index in [0.717, 1.165) is 0 Å². The van der Waals surface area contributed by atoms with Crippen molar-refractivity contribution in [3.8, 4) is 0 Å². The summed E-state index contributed by atoms with van der Waals surface area (Å²) in [6.45, 7) is 2.04. The molecule has 0 saturated heterocycles. The van der Waals surface area contributed by atoms with Crippen LogP contribution in [0, 0.1) is 10.1 Å². The quantitative estimate of drug-likeness (QED) is 0.338. The van der Waals surface area contributed by atoms with Gasteiger partial charge in [0.1, 0.15) is 0 Å². The lowest BCUT2D eigenvalue weighted by atomic mass is 10.2. The Labute approximate surface area is 92.5 Å². The SMILES string of the molecule is CCOC(=O)/C=C/c1ccc([N+](=O)[O-])cc1. The van der Waals surface area contributed by atoms with Crippen LogP contribution in [0.3, 0.4) is 0 Å². The molecule has 1 rings (SSSR count). The molecule has 0 aromatic heterocycles. The van der Waals surface area contributed by atoms with Crippen LogP contribution in [-0.2, 0) is 9.53 Å². The van der Waals surface area contributed by atoms with Crippen LogP contribution in [0.2, 0.25) is 0 Å². The zero-order valence-electron chi connectivity index (χ0n) is 8.75. The van der Waals surface area contributed by atoms with Crippen LogP contribution >= 0.6 is 0 Å². The molecule has 0 atom stereocenters. The number of benzene rings is 1. The van der Waals surface area contributed by atoms with Crippen molar-refractivity contribution in [3.05, 3.63) is 46.0 Å². The van der Waals surface area contributed by atoms with E-state index in [1.165, 1.54) is 18.2 Å². The first-order valence-electron chi connectivity index (χ1n) is 4.72. The molecule has 0 aliphatic carbocycles. The molecule has 5 heteroatoms. The molecule has 0 amide bonds. The van der Waals surface area contributed by atoms with Gasteiger partial charge in [-0.1, -0.05) is 0 Å². The highest BCUT2D eigenvalue weighted by molar-refractivity contribution is 5.87. The van der Waals surface area contributed by atoms with Crippen molar-refractivity contribution in [1.29, 1.82) is 0 Å². The normalized spacial score (nSPS) is 10.3. The van der Waals surface area contributed by atoms with Crippen LogP contribution < -0.4 is 0 Å². The van der Waals surface area contributed by atoms with E-state index < -0.39 is 10.9 Å². The Kier molecular flexibility index (Phi) is 4.20. The molecule has 1 aromatic carbocycles. The van der Waals surface area contributed by atoms with E-state index in [1.54, 1.807) is 25.1 Å². The van der Waals surface area contributed by atoms with E-state index in [1.807, 2.05) is 0 Å². The summed E-state index contributed by atoms with van der Waals surface area (Å²) in [5.41, 5.74) is 0.729. The summed E-state index contributed by atoms with van der Waals surface area (Å²) in [7, 11) is 0. The first-order chi connectivity index (χ1) is 7.63. The number of nitrogens with zero attached hydrogens (tertiary/aromatic N) is 1. The van der Waals surface area contributed by atoms with Gasteiger partial charge in [0.25, 0.3) is 5.69 Å². The third-order valence-corrected chi connectivity index (χ3v) is 1.80. The monoisotopic (exact) mass is 221 g/mol. The smallest absolute Gasteiger partial charge is 0.330 e. The number of nitro groups is 1. The van der Waals surface area contributed by atoms with Crippen molar-refractivity contribution in [1.82, 2.24) is 0 Å². The summed E-state index contributed by atoms with van der Waals surface area (Å²) in [6.07, 6.45) is 2.83. The molecule has 0 saturated carbocycles. The highest BCUT2D eigenvalue weighted by Gasteiger charge is 2.02. The third-order valence-electron chi connectivity index (χ3n) is 1.80. The zero-order chi connectivity index (χ0) is 12.0. The summed E-state index contributed by atoms with van der Waals surface area (Å²) >= 11 is 0. The van der Waals surface area contributed by atoms with Gasteiger partial charge in [-0.05, 0) is 30.7 Å². The number of hydrogen-bond donors (Lipinski definition) is 0. The minimum absolute atomic E-state index is 0.0216. The average Bonchev–Trinajstić information content (AvgIpc) is 2.27. The Morgan fingerprint density at radius 3 is 2.56 bits per heavy atom. The molecule has 0 heterocycles. The summed E-state index contributed by atoms with van der Waals surface area (Å²) in [5.74, 6) is -0.430. The van der Waals surface area contributed by atoms with Crippen LogP contribution in [0.15, 0.2) is 30.3 Å². The van der Waals surface area contributed by atoms with Gasteiger partial charge in [0.2, 0.25) is 0 Å². The molecule has 84 valence electrons. The van der Waals surface area contributed by atoms with Gasteiger partial charge in [-0.25, -0.2) is 4.79 Å². The molecule has 5 nitrogen and oxygen atoms in total. The molecular weight excluding hydrogens is 210 g/mol. The Morgan fingerprint density at radius 2 is 2.06 bits per heavy atom. The highest BCUT2D eigenvalue weighted by Crippen LogP contribution is 2.12. The molecule has 16 heavy (non-hydrogen) atoms. The molecule has 0 N–H and O–H groups in total. The summed E-state index contributed by atoms with van der Waals surface area (Å²) < 4.78 is 4.69. The van der Waals surface area contributed by atoms with Gasteiger partial charge in [0.05, 0.1) is 11.5 Å². The molecule has 0 fully saturated rings. The summed E-state index contributed by atoms with van der Waals surface area (Å²) in [5, 5.41) is 10.4. The van der Waals surface area contributed by atoms with Crippen LogP contribution in [0.5, 0.6) is 0 Å².